The van der Waals surface area contributed by atoms with Gasteiger partial charge >= 0.3 is 5.51 Å². The molecule has 6 heteroatoms. The number of thioether (sulfide) groups is 1. The number of hydrogen-bond donors (Lipinski definition) is 1. The first kappa shape index (κ1) is 12.7. The summed E-state index contributed by atoms with van der Waals surface area (Å²) in [6, 6.07) is 2.11. The van der Waals surface area contributed by atoms with Gasteiger partial charge in [-0.05, 0) is 30.0 Å². The maximum absolute atomic E-state index is 11.7. The van der Waals surface area contributed by atoms with Crippen LogP contribution in [0.2, 0.25) is 0 Å². The maximum atomic E-state index is 11.7. The van der Waals surface area contributed by atoms with E-state index in [9.17, 15) is 13.2 Å². The summed E-state index contributed by atoms with van der Waals surface area (Å²) in [5.74, 6) is 0.0339. The van der Waals surface area contributed by atoms with E-state index in [-0.39, 0.29) is 22.9 Å². The van der Waals surface area contributed by atoms with Crippen molar-refractivity contribution in [2.75, 3.05) is 18.8 Å². The zero-order valence-electron chi connectivity index (χ0n) is 8.23. The summed E-state index contributed by atoms with van der Waals surface area (Å²) >= 11 is -0.00960. The van der Waals surface area contributed by atoms with E-state index in [0.29, 0.717) is 19.5 Å². The minimum absolute atomic E-state index is 0.00960. The molecule has 1 aliphatic carbocycles. The van der Waals surface area contributed by atoms with Crippen molar-refractivity contribution in [3.63, 3.8) is 0 Å². The van der Waals surface area contributed by atoms with Gasteiger partial charge in [-0.25, -0.2) is 0 Å². The number of nitriles is 1. The van der Waals surface area contributed by atoms with Gasteiger partial charge in [0.15, 0.2) is 0 Å². The summed E-state index contributed by atoms with van der Waals surface area (Å²) in [5, 5.41) is 11.5. The van der Waals surface area contributed by atoms with E-state index in [2.05, 4.69) is 11.4 Å². The molecule has 0 aromatic heterocycles. The smallest absolute Gasteiger partial charge is 0.315 e. The molecule has 0 atom stereocenters. The molecule has 1 aliphatic rings. The monoisotopic (exact) mass is 238 g/mol. The highest BCUT2D eigenvalue weighted by atomic mass is 32.2. The molecule has 0 amide bonds. The van der Waals surface area contributed by atoms with Gasteiger partial charge in [-0.3, -0.25) is 0 Å². The number of rotatable bonds is 6. The van der Waals surface area contributed by atoms with Crippen LogP contribution in [-0.4, -0.2) is 24.4 Å². The van der Waals surface area contributed by atoms with Crippen LogP contribution in [0, 0.1) is 16.7 Å². The quantitative estimate of drug-likeness (QED) is 0.722. The summed E-state index contributed by atoms with van der Waals surface area (Å²) < 4.78 is 35.2. The fourth-order valence-electron chi connectivity index (χ4n) is 1.35. The third-order valence-corrected chi connectivity index (χ3v) is 3.19. The van der Waals surface area contributed by atoms with Crippen molar-refractivity contribution < 1.29 is 13.2 Å². The summed E-state index contributed by atoms with van der Waals surface area (Å²) in [4.78, 5) is 0. The Labute approximate surface area is 91.2 Å². The molecule has 1 saturated carbocycles. The molecule has 15 heavy (non-hydrogen) atoms. The Kier molecular flexibility index (Phi) is 4.29. The fourth-order valence-corrected chi connectivity index (χ4v) is 1.83. The van der Waals surface area contributed by atoms with Crippen LogP contribution in [0.3, 0.4) is 0 Å². The van der Waals surface area contributed by atoms with Crippen LogP contribution >= 0.6 is 11.8 Å². The largest absolute Gasteiger partial charge is 0.441 e. The summed E-state index contributed by atoms with van der Waals surface area (Å²) in [6.45, 7) is 1.01. The van der Waals surface area contributed by atoms with Crippen molar-refractivity contribution >= 4 is 11.8 Å². The normalized spacial score (nSPS) is 18.5. The number of alkyl halides is 3. The first-order valence-electron chi connectivity index (χ1n) is 4.76. The van der Waals surface area contributed by atoms with Crippen molar-refractivity contribution in [2.45, 2.75) is 24.8 Å². The van der Waals surface area contributed by atoms with Gasteiger partial charge in [0.25, 0.3) is 0 Å². The van der Waals surface area contributed by atoms with Gasteiger partial charge in [0, 0.05) is 25.3 Å². The van der Waals surface area contributed by atoms with Crippen LogP contribution < -0.4 is 5.32 Å². The summed E-state index contributed by atoms with van der Waals surface area (Å²) in [7, 11) is 0. The van der Waals surface area contributed by atoms with E-state index in [0.717, 1.165) is 12.8 Å². The number of hydrogen-bond acceptors (Lipinski definition) is 3. The van der Waals surface area contributed by atoms with E-state index in [1.165, 1.54) is 0 Å². The van der Waals surface area contributed by atoms with Gasteiger partial charge in [-0.15, -0.1) is 0 Å². The van der Waals surface area contributed by atoms with Crippen molar-refractivity contribution in [3.05, 3.63) is 0 Å². The third-order valence-electron chi connectivity index (χ3n) is 2.46. The van der Waals surface area contributed by atoms with Crippen molar-refractivity contribution in [2.24, 2.45) is 5.41 Å². The Bertz CT molecular complexity index is 243. The van der Waals surface area contributed by atoms with Gasteiger partial charge in [0.1, 0.15) is 0 Å². The van der Waals surface area contributed by atoms with Crippen LogP contribution in [0.15, 0.2) is 0 Å². The summed E-state index contributed by atoms with van der Waals surface area (Å²) in [5.41, 5.74) is -4.07. The average molecular weight is 238 g/mol. The van der Waals surface area contributed by atoms with Gasteiger partial charge in [0.05, 0.1) is 6.07 Å². The number of nitrogens with one attached hydrogen (secondary N) is 1. The summed E-state index contributed by atoms with van der Waals surface area (Å²) in [6.07, 6.45) is 2.53. The predicted octanol–water partition coefficient (Wildman–Crippen LogP) is 2.52. The molecule has 86 valence electrons. The molecule has 0 aromatic carbocycles. The lowest BCUT2D eigenvalue weighted by Gasteiger charge is -2.12. The zero-order valence-corrected chi connectivity index (χ0v) is 9.05. The lowest BCUT2D eigenvalue weighted by Crippen LogP contribution is -2.26. The third kappa shape index (κ3) is 5.28. The second kappa shape index (κ2) is 5.08. The average Bonchev–Trinajstić information content (AvgIpc) is 2.83. The minimum atomic E-state index is -4.13. The predicted molar refractivity (Wildman–Crippen MR) is 53.3 cm³/mol. The Balaban J connectivity index is 2.01. The molecule has 0 saturated heterocycles. The van der Waals surface area contributed by atoms with E-state index >= 15 is 0 Å². The van der Waals surface area contributed by atoms with Crippen LogP contribution in [-0.2, 0) is 0 Å². The molecule has 0 heterocycles. The highest BCUT2D eigenvalue weighted by Gasteiger charge is 2.41. The highest BCUT2D eigenvalue weighted by Crippen LogP contribution is 2.47. The Morgan fingerprint density at radius 1 is 1.40 bits per heavy atom. The molecule has 0 bridgehead atoms. The lowest BCUT2D eigenvalue weighted by atomic mass is 10.0. The van der Waals surface area contributed by atoms with Crippen LogP contribution in [0.25, 0.3) is 0 Å². The topological polar surface area (TPSA) is 35.8 Å². The Morgan fingerprint density at radius 3 is 2.53 bits per heavy atom. The molecule has 2 nitrogen and oxygen atoms in total. The van der Waals surface area contributed by atoms with E-state index in [4.69, 9.17) is 5.26 Å². The number of nitrogens with zero attached hydrogens (tertiary/aromatic N) is 1. The van der Waals surface area contributed by atoms with Crippen LogP contribution in [0.4, 0.5) is 13.2 Å². The Hall–Kier alpha value is -0.410. The molecule has 0 aliphatic heterocycles. The second-order valence-electron chi connectivity index (χ2n) is 3.81. The van der Waals surface area contributed by atoms with Gasteiger partial charge in [0.2, 0.25) is 0 Å². The van der Waals surface area contributed by atoms with Gasteiger partial charge in [-0.2, -0.15) is 18.4 Å². The maximum Gasteiger partial charge on any atom is 0.441 e. The van der Waals surface area contributed by atoms with E-state index < -0.39 is 5.51 Å². The van der Waals surface area contributed by atoms with Crippen molar-refractivity contribution in [1.82, 2.24) is 5.32 Å². The Morgan fingerprint density at radius 2 is 2.07 bits per heavy atom. The van der Waals surface area contributed by atoms with Crippen molar-refractivity contribution in [3.8, 4) is 6.07 Å². The molecule has 0 spiro atoms. The molecule has 0 radical (unpaired) electrons. The molecule has 1 N–H and O–H groups in total. The number of halogens is 3. The molecule has 0 aromatic rings. The zero-order chi connectivity index (χ0) is 11.4. The van der Waals surface area contributed by atoms with Gasteiger partial charge < -0.3 is 5.32 Å². The molecular formula is C9H13F3N2S. The lowest BCUT2D eigenvalue weighted by molar-refractivity contribution is -0.0327. The SMILES string of the molecule is N#CCC1(CNCCSC(F)(F)F)CC1. The fraction of sp³-hybridized carbons (Fsp3) is 0.889. The standard InChI is InChI=1S/C9H13F3N2S/c10-9(11,12)15-6-5-14-7-8(1-2-8)3-4-13/h14H,1-3,5-7H2. The first-order chi connectivity index (χ1) is 6.97. The molecule has 1 fully saturated rings. The first-order valence-corrected chi connectivity index (χ1v) is 5.74. The minimum Gasteiger partial charge on any atom is -0.315 e. The molecular weight excluding hydrogens is 225 g/mol. The van der Waals surface area contributed by atoms with Crippen LogP contribution in [0.1, 0.15) is 19.3 Å². The van der Waals surface area contributed by atoms with E-state index in [1.54, 1.807) is 0 Å². The van der Waals surface area contributed by atoms with E-state index in [1.807, 2.05) is 0 Å². The molecule has 0 unspecified atom stereocenters. The molecule has 1 rings (SSSR count). The van der Waals surface area contributed by atoms with Crippen molar-refractivity contribution in [1.29, 1.82) is 5.26 Å². The van der Waals surface area contributed by atoms with Gasteiger partial charge in [-0.1, -0.05) is 0 Å². The highest BCUT2D eigenvalue weighted by molar-refractivity contribution is 8.00. The van der Waals surface area contributed by atoms with Crippen LogP contribution in [0.5, 0.6) is 0 Å². The second-order valence-corrected chi connectivity index (χ2v) is 4.97.